The van der Waals surface area contributed by atoms with Gasteiger partial charge in [-0.05, 0) is 43.3 Å². The van der Waals surface area contributed by atoms with Crippen LogP contribution in [0.4, 0.5) is 0 Å². The van der Waals surface area contributed by atoms with Crippen LogP contribution in [0.15, 0.2) is 54.6 Å². The van der Waals surface area contributed by atoms with E-state index in [0.29, 0.717) is 22.2 Å². The molecular weight excluding hydrogens is 332 g/mol. The number of hydrogen-bond acceptors (Lipinski definition) is 5. The lowest BCUT2D eigenvalue weighted by Gasteiger charge is -2.13. The van der Waals surface area contributed by atoms with Crippen LogP contribution in [0.2, 0.25) is 0 Å². The second kappa shape index (κ2) is 7.23. The number of primary amides is 1. The van der Waals surface area contributed by atoms with Crippen molar-refractivity contribution in [1.82, 2.24) is 4.98 Å². The number of aromatic nitrogens is 1. The monoisotopic (exact) mass is 350 g/mol. The summed E-state index contributed by atoms with van der Waals surface area (Å²) in [4.78, 5) is 28.4. The molecule has 6 nitrogen and oxygen atoms in total. The van der Waals surface area contributed by atoms with E-state index in [1.165, 1.54) is 6.92 Å². The number of nitrogens with zero attached hydrogens (tertiary/aromatic N) is 1. The molecule has 3 rings (SSSR count). The summed E-state index contributed by atoms with van der Waals surface area (Å²) in [7, 11) is 1.59. The van der Waals surface area contributed by atoms with Gasteiger partial charge in [-0.15, -0.1) is 0 Å². The number of carbonyl (C=O) groups is 2. The highest BCUT2D eigenvalue weighted by Gasteiger charge is 2.20. The first kappa shape index (κ1) is 17.4. The molecule has 1 aromatic heterocycles. The van der Waals surface area contributed by atoms with Gasteiger partial charge in [0, 0.05) is 10.9 Å². The zero-order valence-electron chi connectivity index (χ0n) is 14.4. The van der Waals surface area contributed by atoms with Gasteiger partial charge < -0.3 is 15.2 Å². The first-order valence-corrected chi connectivity index (χ1v) is 8.04. The van der Waals surface area contributed by atoms with E-state index < -0.39 is 18.0 Å². The Morgan fingerprint density at radius 1 is 1.08 bits per heavy atom. The lowest BCUT2D eigenvalue weighted by Crippen LogP contribution is -2.30. The maximum atomic E-state index is 12.6. The van der Waals surface area contributed by atoms with E-state index in [1.54, 1.807) is 19.2 Å². The van der Waals surface area contributed by atoms with Gasteiger partial charge in [0.2, 0.25) is 0 Å². The third kappa shape index (κ3) is 3.49. The van der Waals surface area contributed by atoms with Gasteiger partial charge in [-0.25, -0.2) is 9.78 Å². The molecule has 1 atom stereocenters. The molecule has 0 fully saturated rings. The molecule has 6 heteroatoms. The van der Waals surface area contributed by atoms with Crippen LogP contribution in [0.25, 0.3) is 22.2 Å². The first-order chi connectivity index (χ1) is 12.5. The smallest absolute Gasteiger partial charge is 0.339 e. The SMILES string of the molecule is COc1ccc(-c2cc(C(=O)O[C@@H](C)C(N)=O)c3ccccc3n2)cc1. The van der Waals surface area contributed by atoms with Crippen LogP contribution in [0.3, 0.4) is 0 Å². The molecular formula is C20H18N2O4. The largest absolute Gasteiger partial charge is 0.497 e. The molecule has 2 aromatic carbocycles. The van der Waals surface area contributed by atoms with E-state index in [-0.39, 0.29) is 0 Å². The molecule has 132 valence electrons. The van der Waals surface area contributed by atoms with Crippen molar-refractivity contribution < 1.29 is 19.1 Å². The minimum absolute atomic E-state index is 0.328. The predicted molar refractivity (Wildman–Crippen MR) is 97.8 cm³/mol. The van der Waals surface area contributed by atoms with Crippen LogP contribution < -0.4 is 10.5 Å². The molecule has 0 unspecified atom stereocenters. The second-order valence-corrected chi connectivity index (χ2v) is 5.75. The average molecular weight is 350 g/mol. The highest BCUT2D eigenvalue weighted by molar-refractivity contribution is 6.05. The van der Waals surface area contributed by atoms with Crippen molar-refractivity contribution in [3.8, 4) is 17.0 Å². The van der Waals surface area contributed by atoms with Crippen LogP contribution >= 0.6 is 0 Å². The third-order valence-corrected chi connectivity index (χ3v) is 4.01. The first-order valence-electron chi connectivity index (χ1n) is 8.04. The minimum atomic E-state index is -1.01. The van der Waals surface area contributed by atoms with E-state index in [0.717, 1.165) is 11.3 Å². The number of nitrogens with two attached hydrogens (primary N) is 1. The number of para-hydroxylation sites is 1. The van der Waals surface area contributed by atoms with Crippen molar-refractivity contribution in [1.29, 1.82) is 0 Å². The van der Waals surface area contributed by atoms with Crippen molar-refractivity contribution in [2.45, 2.75) is 13.0 Å². The Morgan fingerprint density at radius 2 is 1.77 bits per heavy atom. The summed E-state index contributed by atoms with van der Waals surface area (Å²) >= 11 is 0. The summed E-state index contributed by atoms with van der Waals surface area (Å²) in [5, 5.41) is 0.645. The van der Waals surface area contributed by atoms with E-state index in [4.69, 9.17) is 15.2 Å². The Bertz CT molecular complexity index is 967. The van der Waals surface area contributed by atoms with Gasteiger partial charge >= 0.3 is 5.97 Å². The van der Waals surface area contributed by atoms with Gasteiger partial charge in [-0.2, -0.15) is 0 Å². The van der Waals surface area contributed by atoms with E-state index >= 15 is 0 Å². The predicted octanol–water partition coefficient (Wildman–Crippen LogP) is 2.94. The standard InChI is InChI=1S/C20H18N2O4/c1-12(19(21)23)26-20(24)16-11-18(13-7-9-14(25-2)10-8-13)22-17-6-4-3-5-15(16)17/h3-12H,1-2H3,(H2,21,23)/t12-/m0/s1. The van der Waals surface area contributed by atoms with Gasteiger partial charge in [0.15, 0.2) is 6.10 Å². The Hall–Kier alpha value is -3.41. The number of ether oxygens (including phenoxy) is 2. The molecule has 1 amide bonds. The second-order valence-electron chi connectivity index (χ2n) is 5.75. The molecule has 0 spiro atoms. The molecule has 2 N–H and O–H groups in total. The van der Waals surface area contributed by atoms with Crippen molar-refractivity contribution in [3.63, 3.8) is 0 Å². The summed E-state index contributed by atoms with van der Waals surface area (Å²) in [6.45, 7) is 1.44. The minimum Gasteiger partial charge on any atom is -0.497 e. The molecule has 0 aliphatic rings. The van der Waals surface area contributed by atoms with Crippen molar-refractivity contribution in [3.05, 3.63) is 60.2 Å². The molecule has 0 radical (unpaired) electrons. The quantitative estimate of drug-likeness (QED) is 0.714. The number of carbonyl (C=O) groups excluding carboxylic acids is 2. The van der Waals surface area contributed by atoms with Gasteiger partial charge in [0.1, 0.15) is 5.75 Å². The summed E-state index contributed by atoms with van der Waals surface area (Å²) in [5.74, 6) is -0.596. The van der Waals surface area contributed by atoms with E-state index in [1.807, 2.05) is 42.5 Å². The lowest BCUT2D eigenvalue weighted by atomic mass is 10.0. The normalized spacial score (nSPS) is 11.8. The molecule has 0 aliphatic heterocycles. The van der Waals surface area contributed by atoms with Gasteiger partial charge in [0.25, 0.3) is 5.91 Å². The van der Waals surface area contributed by atoms with E-state index in [9.17, 15) is 9.59 Å². The molecule has 1 heterocycles. The van der Waals surface area contributed by atoms with Crippen LogP contribution in [-0.4, -0.2) is 30.1 Å². The highest BCUT2D eigenvalue weighted by atomic mass is 16.5. The fourth-order valence-electron chi connectivity index (χ4n) is 2.54. The van der Waals surface area contributed by atoms with Crippen LogP contribution in [0, 0.1) is 0 Å². The average Bonchev–Trinajstić information content (AvgIpc) is 2.67. The fraction of sp³-hybridized carbons (Fsp3) is 0.150. The number of methoxy groups -OCH3 is 1. The third-order valence-electron chi connectivity index (χ3n) is 4.01. The number of esters is 1. The molecule has 0 saturated carbocycles. The number of rotatable bonds is 5. The fourth-order valence-corrected chi connectivity index (χ4v) is 2.54. The van der Waals surface area contributed by atoms with Crippen LogP contribution in [0.1, 0.15) is 17.3 Å². The van der Waals surface area contributed by atoms with Crippen LogP contribution in [0.5, 0.6) is 5.75 Å². The Morgan fingerprint density at radius 3 is 2.42 bits per heavy atom. The highest BCUT2D eigenvalue weighted by Crippen LogP contribution is 2.27. The van der Waals surface area contributed by atoms with Crippen molar-refractivity contribution >= 4 is 22.8 Å². The maximum absolute atomic E-state index is 12.6. The molecule has 0 saturated heterocycles. The van der Waals surface area contributed by atoms with Gasteiger partial charge in [0.05, 0.1) is 23.9 Å². The Balaban J connectivity index is 2.08. The van der Waals surface area contributed by atoms with Crippen LogP contribution in [-0.2, 0) is 9.53 Å². The summed E-state index contributed by atoms with van der Waals surface area (Å²) in [6.07, 6.45) is -1.01. The number of pyridine rings is 1. The zero-order valence-corrected chi connectivity index (χ0v) is 14.4. The topological polar surface area (TPSA) is 91.5 Å². The molecule has 3 aromatic rings. The maximum Gasteiger partial charge on any atom is 0.339 e. The Kier molecular flexibility index (Phi) is 4.84. The summed E-state index contributed by atoms with van der Waals surface area (Å²) in [5.41, 5.74) is 7.61. The van der Waals surface area contributed by atoms with Crippen molar-refractivity contribution in [2.75, 3.05) is 7.11 Å². The van der Waals surface area contributed by atoms with Crippen molar-refractivity contribution in [2.24, 2.45) is 5.73 Å². The number of fused-ring (bicyclic) bond motifs is 1. The van der Waals surface area contributed by atoms with Gasteiger partial charge in [-0.3, -0.25) is 4.79 Å². The summed E-state index contributed by atoms with van der Waals surface area (Å²) in [6, 6.07) is 16.3. The zero-order chi connectivity index (χ0) is 18.7. The molecule has 0 bridgehead atoms. The molecule has 26 heavy (non-hydrogen) atoms. The lowest BCUT2D eigenvalue weighted by molar-refractivity contribution is -0.125. The number of amides is 1. The summed E-state index contributed by atoms with van der Waals surface area (Å²) < 4.78 is 10.3. The van der Waals surface area contributed by atoms with E-state index in [2.05, 4.69) is 4.98 Å². The number of hydrogen-bond donors (Lipinski definition) is 1. The number of benzene rings is 2. The van der Waals surface area contributed by atoms with Gasteiger partial charge in [-0.1, -0.05) is 18.2 Å². The molecule has 0 aliphatic carbocycles. The Labute approximate surface area is 150 Å².